The van der Waals surface area contributed by atoms with Gasteiger partial charge in [0.15, 0.2) is 0 Å². The summed E-state index contributed by atoms with van der Waals surface area (Å²) >= 11 is 5.74. The van der Waals surface area contributed by atoms with Gasteiger partial charge in [-0.15, -0.1) is 0 Å². The number of phenols is 1. The highest BCUT2D eigenvalue weighted by atomic mass is 35.5. The van der Waals surface area contributed by atoms with Crippen LogP contribution in [0.4, 0.5) is 4.39 Å². The van der Waals surface area contributed by atoms with Crippen LogP contribution in [0.15, 0.2) is 36.4 Å². The van der Waals surface area contributed by atoms with E-state index in [0.717, 1.165) is 6.07 Å². The summed E-state index contributed by atoms with van der Waals surface area (Å²) in [5.74, 6) is -1.99. The van der Waals surface area contributed by atoms with Crippen molar-refractivity contribution >= 4 is 17.6 Å². The number of carboxylic acid groups (broad SMARTS) is 1. The van der Waals surface area contributed by atoms with Crippen LogP contribution in [-0.4, -0.2) is 16.2 Å². The number of carbonyl (C=O) groups is 1. The third-order valence-electron chi connectivity index (χ3n) is 2.41. The first-order chi connectivity index (χ1) is 8.47. The summed E-state index contributed by atoms with van der Waals surface area (Å²) < 4.78 is 13.1. The standard InChI is InChI=1S/C13H8ClFO3/c14-12-2-1-7(5-11(12)13(17)18)8-3-9(15)6-10(16)4-8/h1-6,16H,(H,17,18). The van der Waals surface area contributed by atoms with Crippen molar-refractivity contribution in [2.45, 2.75) is 0 Å². The summed E-state index contributed by atoms with van der Waals surface area (Å²) in [4.78, 5) is 10.9. The maximum atomic E-state index is 13.1. The van der Waals surface area contributed by atoms with Gasteiger partial charge in [0.05, 0.1) is 10.6 Å². The maximum Gasteiger partial charge on any atom is 0.337 e. The Balaban J connectivity index is 2.57. The minimum Gasteiger partial charge on any atom is -0.508 e. The molecule has 18 heavy (non-hydrogen) atoms. The fourth-order valence-corrected chi connectivity index (χ4v) is 1.81. The molecule has 0 atom stereocenters. The number of benzene rings is 2. The van der Waals surface area contributed by atoms with Gasteiger partial charge in [-0.2, -0.15) is 0 Å². The lowest BCUT2D eigenvalue weighted by Crippen LogP contribution is -1.97. The molecule has 2 rings (SSSR count). The molecule has 0 spiro atoms. The van der Waals surface area contributed by atoms with Gasteiger partial charge in [0.2, 0.25) is 0 Å². The van der Waals surface area contributed by atoms with Crippen molar-refractivity contribution in [2.75, 3.05) is 0 Å². The lowest BCUT2D eigenvalue weighted by Gasteiger charge is -2.06. The maximum absolute atomic E-state index is 13.1. The quantitative estimate of drug-likeness (QED) is 0.874. The highest BCUT2D eigenvalue weighted by molar-refractivity contribution is 6.33. The van der Waals surface area contributed by atoms with Crippen LogP contribution >= 0.6 is 11.6 Å². The highest BCUT2D eigenvalue weighted by Crippen LogP contribution is 2.28. The average Bonchev–Trinajstić information content (AvgIpc) is 2.27. The summed E-state index contributed by atoms with van der Waals surface area (Å²) in [5.41, 5.74) is 0.774. The van der Waals surface area contributed by atoms with Gasteiger partial charge in [-0.05, 0) is 35.4 Å². The van der Waals surface area contributed by atoms with Crippen LogP contribution in [0, 0.1) is 5.82 Å². The number of hydrogen-bond donors (Lipinski definition) is 2. The van der Waals surface area contributed by atoms with Crippen LogP contribution in [0.25, 0.3) is 11.1 Å². The second-order valence-electron chi connectivity index (χ2n) is 3.70. The normalized spacial score (nSPS) is 10.3. The van der Waals surface area contributed by atoms with E-state index < -0.39 is 11.8 Å². The molecule has 2 aromatic carbocycles. The number of carboxylic acids is 1. The number of aromatic hydroxyl groups is 1. The first-order valence-corrected chi connectivity index (χ1v) is 5.38. The van der Waals surface area contributed by atoms with Crippen LogP contribution in [0.1, 0.15) is 10.4 Å². The monoisotopic (exact) mass is 266 g/mol. The SMILES string of the molecule is O=C(O)c1cc(-c2cc(O)cc(F)c2)ccc1Cl. The molecule has 0 fully saturated rings. The van der Waals surface area contributed by atoms with Crippen molar-refractivity contribution in [2.24, 2.45) is 0 Å². The van der Waals surface area contributed by atoms with E-state index in [9.17, 15) is 14.3 Å². The molecule has 0 bridgehead atoms. The molecule has 0 radical (unpaired) electrons. The summed E-state index contributed by atoms with van der Waals surface area (Å²) in [6.07, 6.45) is 0. The highest BCUT2D eigenvalue weighted by Gasteiger charge is 2.11. The van der Waals surface area contributed by atoms with E-state index in [0.29, 0.717) is 11.1 Å². The third-order valence-corrected chi connectivity index (χ3v) is 2.74. The topological polar surface area (TPSA) is 57.5 Å². The Bertz CT molecular complexity index is 605. The van der Waals surface area contributed by atoms with Crippen molar-refractivity contribution < 1.29 is 19.4 Å². The molecule has 0 aromatic heterocycles. The van der Waals surface area contributed by atoms with Crippen molar-refractivity contribution in [1.29, 1.82) is 0 Å². The number of aromatic carboxylic acids is 1. The Morgan fingerprint density at radius 1 is 1.11 bits per heavy atom. The summed E-state index contributed by atoms with van der Waals surface area (Å²) in [7, 11) is 0. The predicted molar refractivity (Wildman–Crippen MR) is 65.5 cm³/mol. The largest absolute Gasteiger partial charge is 0.508 e. The summed E-state index contributed by atoms with van der Waals surface area (Å²) in [5, 5.41) is 18.3. The van der Waals surface area contributed by atoms with Gasteiger partial charge >= 0.3 is 5.97 Å². The second kappa shape index (κ2) is 4.66. The lowest BCUT2D eigenvalue weighted by molar-refractivity contribution is 0.0697. The summed E-state index contributed by atoms with van der Waals surface area (Å²) in [6, 6.07) is 7.83. The Morgan fingerprint density at radius 3 is 2.44 bits per heavy atom. The fraction of sp³-hybridized carbons (Fsp3) is 0. The van der Waals surface area contributed by atoms with Crippen molar-refractivity contribution in [3.05, 3.63) is 52.8 Å². The molecule has 0 aliphatic carbocycles. The van der Waals surface area contributed by atoms with Crippen molar-refractivity contribution in [3.8, 4) is 16.9 Å². The molecular weight excluding hydrogens is 259 g/mol. The van der Waals surface area contributed by atoms with E-state index in [-0.39, 0.29) is 16.3 Å². The predicted octanol–water partition coefficient (Wildman–Crippen LogP) is 3.55. The Hall–Kier alpha value is -2.07. The van der Waals surface area contributed by atoms with Crippen molar-refractivity contribution in [1.82, 2.24) is 0 Å². The van der Waals surface area contributed by atoms with E-state index in [1.807, 2.05) is 0 Å². The van der Waals surface area contributed by atoms with Gasteiger partial charge in [-0.25, -0.2) is 9.18 Å². The fourth-order valence-electron chi connectivity index (χ4n) is 1.61. The number of phenolic OH excluding ortho intramolecular Hbond substituents is 1. The van der Waals surface area contributed by atoms with E-state index in [2.05, 4.69) is 0 Å². The lowest BCUT2D eigenvalue weighted by atomic mass is 10.0. The Kier molecular flexibility index (Phi) is 3.21. The molecule has 2 aromatic rings. The van der Waals surface area contributed by atoms with Gasteiger partial charge in [0.1, 0.15) is 11.6 Å². The Labute approximate surface area is 107 Å². The van der Waals surface area contributed by atoms with E-state index in [1.54, 1.807) is 6.07 Å². The van der Waals surface area contributed by atoms with Gasteiger partial charge in [0, 0.05) is 6.07 Å². The molecule has 92 valence electrons. The van der Waals surface area contributed by atoms with Gasteiger partial charge < -0.3 is 10.2 Å². The van der Waals surface area contributed by atoms with E-state index >= 15 is 0 Å². The molecule has 5 heteroatoms. The molecule has 0 aliphatic rings. The molecule has 0 heterocycles. The van der Waals surface area contributed by atoms with Crippen molar-refractivity contribution in [3.63, 3.8) is 0 Å². The van der Waals surface area contributed by atoms with Crippen LogP contribution in [0.5, 0.6) is 5.75 Å². The Morgan fingerprint density at radius 2 is 1.83 bits per heavy atom. The molecule has 0 aliphatic heterocycles. The molecule has 3 nitrogen and oxygen atoms in total. The summed E-state index contributed by atoms with van der Waals surface area (Å²) in [6.45, 7) is 0. The minimum absolute atomic E-state index is 0.0714. The number of halogens is 2. The van der Waals surface area contributed by atoms with Gasteiger partial charge in [-0.1, -0.05) is 17.7 Å². The zero-order valence-electron chi connectivity index (χ0n) is 9.02. The second-order valence-corrected chi connectivity index (χ2v) is 4.11. The van der Waals surface area contributed by atoms with Crippen LogP contribution in [0.3, 0.4) is 0 Å². The average molecular weight is 267 g/mol. The number of hydrogen-bond acceptors (Lipinski definition) is 2. The molecule has 0 saturated carbocycles. The van der Waals surface area contributed by atoms with Crippen LogP contribution in [0.2, 0.25) is 5.02 Å². The third kappa shape index (κ3) is 2.43. The molecule has 0 unspecified atom stereocenters. The van der Waals surface area contributed by atoms with Gasteiger partial charge in [-0.3, -0.25) is 0 Å². The zero-order valence-corrected chi connectivity index (χ0v) is 9.78. The van der Waals surface area contributed by atoms with Crippen LogP contribution < -0.4 is 0 Å². The van der Waals surface area contributed by atoms with Gasteiger partial charge in [0.25, 0.3) is 0 Å². The first-order valence-electron chi connectivity index (χ1n) is 5.00. The molecule has 2 N–H and O–H groups in total. The molecular formula is C13H8ClFO3. The van der Waals surface area contributed by atoms with Crippen LogP contribution in [-0.2, 0) is 0 Å². The number of rotatable bonds is 2. The zero-order chi connectivity index (χ0) is 13.3. The van der Waals surface area contributed by atoms with E-state index in [4.69, 9.17) is 16.7 Å². The molecule has 0 saturated heterocycles. The smallest absolute Gasteiger partial charge is 0.337 e. The minimum atomic E-state index is -1.16. The molecule has 0 amide bonds. The first kappa shape index (κ1) is 12.4. The van der Waals surface area contributed by atoms with E-state index in [1.165, 1.54) is 24.3 Å².